The van der Waals surface area contributed by atoms with Crippen molar-refractivity contribution >= 4 is 6.21 Å². The zero-order valence-corrected chi connectivity index (χ0v) is 11.4. The highest BCUT2D eigenvalue weighted by Gasteiger charge is 2.52. The predicted octanol–water partition coefficient (Wildman–Crippen LogP) is 2.29. The number of aliphatic hydroxyl groups excluding tert-OH is 1. The Morgan fingerprint density at radius 1 is 1.45 bits per heavy atom. The van der Waals surface area contributed by atoms with Crippen molar-refractivity contribution in [3.63, 3.8) is 0 Å². The number of hydrogen-bond donors (Lipinski definition) is 1. The van der Waals surface area contributed by atoms with Crippen molar-refractivity contribution in [3.8, 4) is 11.3 Å². The second-order valence-corrected chi connectivity index (χ2v) is 5.78. The number of aliphatic hydroxyl groups is 1. The maximum absolute atomic E-state index is 10.9. The van der Waals surface area contributed by atoms with Gasteiger partial charge in [0, 0.05) is 24.2 Å². The van der Waals surface area contributed by atoms with Crippen molar-refractivity contribution in [2.75, 3.05) is 7.05 Å². The van der Waals surface area contributed by atoms with Gasteiger partial charge in [0.25, 0.3) is 0 Å². The predicted molar refractivity (Wildman–Crippen MR) is 77.9 cm³/mol. The minimum atomic E-state index is -0.456. The van der Waals surface area contributed by atoms with Crippen molar-refractivity contribution < 1.29 is 5.11 Å². The number of rotatable bonds is 3. The lowest BCUT2D eigenvalue weighted by atomic mass is 9.89. The molecule has 1 fully saturated rings. The molecule has 2 aromatic rings. The van der Waals surface area contributed by atoms with E-state index in [0.29, 0.717) is 0 Å². The average molecular weight is 267 g/mol. The highest BCUT2D eigenvalue weighted by Crippen LogP contribution is 2.54. The van der Waals surface area contributed by atoms with Gasteiger partial charge < -0.3 is 14.7 Å². The number of fused-ring (bicyclic) bond motifs is 3. The van der Waals surface area contributed by atoms with E-state index in [0.717, 1.165) is 18.5 Å². The van der Waals surface area contributed by atoms with Crippen LogP contribution in [0.5, 0.6) is 0 Å². The lowest BCUT2D eigenvalue weighted by Gasteiger charge is -2.26. The second-order valence-electron chi connectivity index (χ2n) is 5.78. The van der Waals surface area contributed by atoms with E-state index in [2.05, 4.69) is 26.7 Å². The van der Waals surface area contributed by atoms with Crippen LogP contribution in [0.1, 0.15) is 24.4 Å². The van der Waals surface area contributed by atoms with Gasteiger partial charge in [0.2, 0.25) is 0 Å². The highest BCUT2D eigenvalue weighted by atomic mass is 16.3. The van der Waals surface area contributed by atoms with Gasteiger partial charge in [0.1, 0.15) is 0 Å². The highest BCUT2D eigenvalue weighted by molar-refractivity contribution is 5.73. The third-order valence-electron chi connectivity index (χ3n) is 4.62. The molecule has 20 heavy (non-hydrogen) atoms. The molecule has 0 unspecified atom stereocenters. The van der Waals surface area contributed by atoms with Gasteiger partial charge in [0.15, 0.2) is 0 Å². The summed E-state index contributed by atoms with van der Waals surface area (Å²) in [5.41, 5.74) is 3.30. The van der Waals surface area contributed by atoms with E-state index < -0.39 is 6.10 Å². The smallest absolute Gasteiger partial charge is 0.0957 e. The van der Waals surface area contributed by atoms with Crippen molar-refractivity contribution in [1.82, 2.24) is 9.55 Å². The van der Waals surface area contributed by atoms with Crippen LogP contribution in [-0.2, 0) is 0 Å². The number of imidazole rings is 1. The number of benzene rings is 1. The third-order valence-corrected chi connectivity index (χ3v) is 4.62. The molecule has 0 radical (unpaired) electrons. The summed E-state index contributed by atoms with van der Waals surface area (Å²) in [4.78, 5) is 8.39. The van der Waals surface area contributed by atoms with Crippen LogP contribution < -0.4 is 0 Å². The van der Waals surface area contributed by atoms with Crippen molar-refractivity contribution in [1.29, 1.82) is 0 Å². The van der Waals surface area contributed by atoms with Crippen LogP contribution in [0.3, 0.4) is 0 Å². The van der Waals surface area contributed by atoms with Crippen molar-refractivity contribution in [2.24, 2.45) is 10.4 Å². The molecule has 0 saturated heterocycles. The Morgan fingerprint density at radius 3 is 3.00 bits per heavy atom. The number of nitrogens with zero attached hydrogens (tertiary/aromatic N) is 3. The molecule has 1 N–H and O–H groups in total. The number of hydrogen-bond acceptors (Lipinski definition) is 3. The van der Waals surface area contributed by atoms with Gasteiger partial charge in [-0.2, -0.15) is 0 Å². The molecule has 0 spiro atoms. The van der Waals surface area contributed by atoms with Crippen molar-refractivity contribution in [2.45, 2.75) is 25.0 Å². The van der Waals surface area contributed by atoms with Gasteiger partial charge in [-0.15, -0.1) is 0 Å². The monoisotopic (exact) mass is 267 g/mol. The van der Waals surface area contributed by atoms with Crippen LogP contribution in [-0.4, -0.2) is 34.0 Å². The van der Waals surface area contributed by atoms with Crippen LogP contribution in [0.15, 0.2) is 41.8 Å². The SMILES string of the molecule is C/N=C\C1([C@H](O)[C@H]2c3ccccc3-c3cncn32)CC1. The maximum atomic E-state index is 10.9. The summed E-state index contributed by atoms with van der Waals surface area (Å²) in [6.45, 7) is 0. The van der Waals surface area contributed by atoms with Gasteiger partial charge in [-0.25, -0.2) is 4.98 Å². The lowest BCUT2D eigenvalue weighted by molar-refractivity contribution is 0.0910. The fraction of sp³-hybridized carbons (Fsp3) is 0.375. The fourth-order valence-electron chi connectivity index (χ4n) is 3.41. The summed E-state index contributed by atoms with van der Waals surface area (Å²) < 4.78 is 2.10. The molecule has 102 valence electrons. The Morgan fingerprint density at radius 2 is 2.25 bits per heavy atom. The summed E-state index contributed by atoms with van der Waals surface area (Å²) >= 11 is 0. The van der Waals surface area contributed by atoms with Gasteiger partial charge in [-0.3, -0.25) is 0 Å². The molecule has 2 aliphatic rings. The first-order valence-electron chi connectivity index (χ1n) is 6.99. The van der Waals surface area contributed by atoms with E-state index in [1.54, 1.807) is 7.05 Å². The van der Waals surface area contributed by atoms with E-state index in [1.165, 1.54) is 11.1 Å². The second kappa shape index (κ2) is 4.03. The number of aromatic nitrogens is 2. The Kier molecular flexibility index (Phi) is 2.39. The first-order valence-corrected chi connectivity index (χ1v) is 6.99. The summed E-state index contributed by atoms with van der Waals surface area (Å²) in [5, 5.41) is 10.9. The molecule has 4 rings (SSSR count). The van der Waals surface area contributed by atoms with Crippen LogP contribution >= 0.6 is 0 Å². The molecule has 1 aromatic carbocycles. The molecule has 1 saturated carbocycles. The van der Waals surface area contributed by atoms with Gasteiger partial charge in [-0.1, -0.05) is 24.3 Å². The zero-order chi connectivity index (χ0) is 13.7. The van der Waals surface area contributed by atoms with Gasteiger partial charge >= 0.3 is 0 Å². The Hall–Kier alpha value is -1.94. The fourth-order valence-corrected chi connectivity index (χ4v) is 3.41. The molecule has 0 amide bonds. The van der Waals surface area contributed by atoms with E-state index >= 15 is 0 Å². The first kappa shape index (κ1) is 11.9. The molecular formula is C16H17N3O. The topological polar surface area (TPSA) is 50.4 Å². The molecule has 2 atom stereocenters. The van der Waals surface area contributed by atoms with Crippen LogP contribution in [0.25, 0.3) is 11.3 Å². The molecule has 1 aliphatic carbocycles. The molecule has 0 bridgehead atoms. The number of aliphatic imine (C=N–C) groups is 1. The standard InChI is InChI=1S/C16H17N3O/c1-17-9-16(6-7-16)15(20)14-12-5-3-2-4-11(12)13-8-18-10-19(13)14/h2-5,8-10,14-15,20H,6-7H2,1H3/b17-9-/t14-,15-/m1/s1. The van der Waals surface area contributed by atoms with E-state index in [-0.39, 0.29) is 11.5 Å². The summed E-state index contributed by atoms with van der Waals surface area (Å²) in [5.74, 6) is 0. The minimum Gasteiger partial charge on any atom is -0.390 e. The molecular weight excluding hydrogens is 250 g/mol. The Labute approximate surface area is 117 Å². The van der Waals surface area contributed by atoms with Gasteiger partial charge in [-0.05, 0) is 18.4 Å². The van der Waals surface area contributed by atoms with Crippen LogP contribution in [0.2, 0.25) is 0 Å². The normalized spacial score (nSPS) is 23.6. The van der Waals surface area contributed by atoms with Gasteiger partial charge in [0.05, 0.1) is 30.4 Å². The average Bonchev–Trinajstić information content (AvgIpc) is 2.97. The molecule has 1 aliphatic heterocycles. The van der Waals surface area contributed by atoms with Crippen molar-refractivity contribution in [3.05, 3.63) is 42.4 Å². The Balaban J connectivity index is 1.83. The molecule has 1 aromatic heterocycles. The summed E-state index contributed by atoms with van der Waals surface area (Å²) in [6.07, 6.45) is 7.18. The van der Waals surface area contributed by atoms with Crippen LogP contribution in [0, 0.1) is 5.41 Å². The summed E-state index contributed by atoms with van der Waals surface area (Å²) in [7, 11) is 1.78. The minimum absolute atomic E-state index is 0.0517. The quantitative estimate of drug-likeness (QED) is 0.867. The van der Waals surface area contributed by atoms with Crippen LogP contribution in [0.4, 0.5) is 0 Å². The molecule has 4 heteroatoms. The largest absolute Gasteiger partial charge is 0.390 e. The van der Waals surface area contributed by atoms with E-state index in [1.807, 2.05) is 30.9 Å². The lowest BCUT2D eigenvalue weighted by Crippen LogP contribution is -2.32. The first-order chi connectivity index (χ1) is 9.77. The zero-order valence-electron chi connectivity index (χ0n) is 11.4. The molecule has 4 nitrogen and oxygen atoms in total. The third kappa shape index (κ3) is 1.45. The summed E-state index contributed by atoms with van der Waals surface area (Å²) in [6, 6.07) is 8.22. The molecule has 2 heterocycles. The van der Waals surface area contributed by atoms with E-state index in [4.69, 9.17) is 0 Å². The van der Waals surface area contributed by atoms with E-state index in [9.17, 15) is 5.11 Å². The maximum Gasteiger partial charge on any atom is 0.0957 e. The Bertz CT molecular complexity index is 685.